The molecule has 20 heavy (non-hydrogen) atoms. The van der Waals surface area contributed by atoms with Gasteiger partial charge >= 0.3 is 51.4 Å². The second-order valence-corrected chi connectivity index (χ2v) is 4.52. The van der Waals surface area contributed by atoms with Gasteiger partial charge in [-0.05, 0) is 12.2 Å². The van der Waals surface area contributed by atoms with Gasteiger partial charge in [-0.1, -0.05) is 13.2 Å². The number of methoxy groups -OCH3 is 1. The van der Waals surface area contributed by atoms with Gasteiger partial charge in [-0.3, -0.25) is 0 Å². The maximum atomic E-state index is 13.5. The minimum Gasteiger partial charge on any atom is -0.663 e. The van der Waals surface area contributed by atoms with Gasteiger partial charge in [0.1, 0.15) is 5.76 Å². The molecule has 108 valence electrons. The summed E-state index contributed by atoms with van der Waals surface area (Å²) in [6.45, 7) is 8.03. The summed E-state index contributed by atoms with van der Waals surface area (Å²) in [5, 5.41) is 4.00. The Morgan fingerprint density at radius 3 is 2.55 bits per heavy atom. The van der Waals surface area contributed by atoms with Crippen LogP contribution in [0, 0.1) is 0 Å². The van der Waals surface area contributed by atoms with Gasteiger partial charge in [-0.2, -0.15) is 7.05 Å². The van der Waals surface area contributed by atoms with Crippen molar-refractivity contribution in [2.24, 2.45) is 0 Å². The number of hydrogen-bond donors (Lipinski definition) is 0. The molecule has 0 aliphatic carbocycles. The zero-order chi connectivity index (χ0) is 14.5. The van der Waals surface area contributed by atoms with Crippen LogP contribution in [0.4, 0.5) is 8.78 Å². The van der Waals surface area contributed by atoms with Crippen molar-refractivity contribution in [1.29, 1.82) is 0 Å². The molecule has 1 saturated heterocycles. The smallest absolute Gasteiger partial charge is 0.663 e. The van der Waals surface area contributed by atoms with Crippen LogP contribution in [0.2, 0.25) is 0 Å². The van der Waals surface area contributed by atoms with Gasteiger partial charge in [0.05, 0.1) is 12.8 Å². The second kappa shape index (κ2) is 9.33. The fourth-order valence-corrected chi connectivity index (χ4v) is 2.37. The average molecular weight is 310 g/mol. The predicted octanol–water partition coefficient (Wildman–Crippen LogP) is 0.324. The zero-order valence-corrected chi connectivity index (χ0v) is 15.7. The first-order valence-electron chi connectivity index (χ1n) is 6.22. The summed E-state index contributed by atoms with van der Waals surface area (Å²) in [6.07, 6.45) is 2.81. The van der Waals surface area contributed by atoms with Crippen molar-refractivity contribution < 1.29 is 64.9 Å². The second-order valence-electron chi connectivity index (χ2n) is 4.52. The topological polar surface area (TPSA) is 26.6 Å². The van der Waals surface area contributed by atoms with Crippen LogP contribution in [0.15, 0.2) is 36.8 Å². The van der Waals surface area contributed by atoms with Gasteiger partial charge in [-0.15, -0.1) is 6.54 Å². The summed E-state index contributed by atoms with van der Waals surface area (Å²) in [5.41, 5.74) is 0.696. The third-order valence-electron chi connectivity index (χ3n) is 3.25. The number of rotatable bonds is 6. The standard InChI is InChI=1S/C14H21F2N2O.K/c1-5-12(13(6-2)19-4)18-8-7-14(15,16)9-11(18)10-17-3;/h5-6,11H,1-2,7-10H2,3-4H3;/q-1;+1/b13-12-;. The van der Waals surface area contributed by atoms with Gasteiger partial charge < -0.3 is 15.0 Å². The number of likely N-dealkylation sites (N-methyl/N-ethyl adjacent to an activating group) is 1. The van der Waals surface area contributed by atoms with E-state index in [-0.39, 0.29) is 76.8 Å². The van der Waals surface area contributed by atoms with E-state index in [0.717, 1.165) is 0 Å². The van der Waals surface area contributed by atoms with E-state index in [4.69, 9.17) is 4.74 Å². The third-order valence-corrected chi connectivity index (χ3v) is 3.25. The minimum absolute atomic E-state index is 0. The van der Waals surface area contributed by atoms with Crippen molar-refractivity contribution in [2.75, 3.05) is 27.2 Å². The average Bonchev–Trinajstić information content (AvgIpc) is 2.36. The number of ether oxygens (including phenoxy) is 1. The molecule has 0 aromatic heterocycles. The monoisotopic (exact) mass is 310 g/mol. The molecule has 1 unspecified atom stereocenters. The van der Waals surface area contributed by atoms with Gasteiger partial charge in [0.15, 0.2) is 0 Å². The molecule has 1 aliphatic rings. The van der Waals surface area contributed by atoms with Crippen LogP contribution in [0.1, 0.15) is 12.8 Å². The molecule has 1 heterocycles. The molecule has 0 amide bonds. The first kappa shape index (κ1) is 20.3. The summed E-state index contributed by atoms with van der Waals surface area (Å²) < 4.78 is 32.3. The van der Waals surface area contributed by atoms with Crippen LogP contribution < -0.4 is 51.4 Å². The Balaban J connectivity index is 0.00000361. The summed E-state index contributed by atoms with van der Waals surface area (Å²) in [7, 11) is 3.16. The molecule has 6 heteroatoms. The molecule has 0 aromatic rings. The molecule has 3 nitrogen and oxygen atoms in total. The number of allylic oxidation sites excluding steroid dienone is 2. The summed E-state index contributed by atoms with van der Waals surface area (Å²) in [5.74, 6) is -2.08. The van der Waals surface area contributed by atoms with Crippen molar-refractivity contribution in [3.63, 3.8) is 0 Å². The van der Waals surface area contributed by atoms with Crippen molar-refractivity contribution in [3.8, 4) is 0 Å². The molecule has 0 radical (unpaired) electrons. The largest absolute Gasteiger partial charge is 1.00 e. The van der Waals surface area contributed by atoms with Crippen LogP contribution >= 0.6 is 0 Å². The van der Waals surface area contributed by atoms with Crippen LogP contribution in [0.25, 0.3) is 5.32 Å². The van der Waals surface area contributed by atoms with Crippen LogP contribution in [0.5, 0.6) is 0 Å². The van der Waals surface area contributed by atoms with Gasteiger partial charge in [-0.25, -0.2) is 8.78 Å². The van der Waals surface area contributed by atoms with Crippen molar-refractivity contribution >= 4 is 0 Å². The number of hydrogen-bond acceptors (Lipinski definition) is 2. The fourth-order valence-electron chi connectivity index (χ4n) is 2.37. The molecule has 1 aliphatic heterocycles. The normalized spacial score (nSPS) is 22.4. The molecule has 1 rings (SSSR count). The van der Waals surface area contributed by atoms with Gasteiger partial charge in [0.25, 0.3) is 5.92 Å². The Morgan fingerprint density at radius 2 is 2.10 bits per heavy atom. The van der Waals surface area contributed by atoms with E-state index in [9.17, 15) is 8.78 Å². The maximum absolute atomic E-state index is 13.5. The van der Waals surface area contributed by atoms with Crippen LogP contribution in [-0.4, -0.2) is 44.1 Å². The summed E-state index contributed by atoms with van der Waals surface area (Å²) >= 11 is 0. The van der Waals surface area contributed by atoms with Crippen molar-refractivity contribution in [1.82, 2.24) is 4.90 Å². The van der Waals surface area contributed by atoms with Gasteiger partial charge in [0.2, 0.25) is 0 Å². The molecule has 0 aromatic carbocycles. The number of alkyl halides is 2. The van der Waals surface area contributed by atoms with E-state index < -0.39 is 5.92 Å². The predicted molar refractivity (Wildman–Crippen MR) is 73.3 cm³/mol. The van der Waals surface area contributed by atoms with E-state index >= 15 is 0 Å². The minimum atomic E-state index is -2.63. The number of likely N-dealkylation sites (tertiary alicyclic amines) is 1. The number of halogens is 2. The summed E-state index contributed by atoms with van der Waals surface area (Å²) in [6, 6.07) is -0.341. The molecular formula is C14H21F2KN2O. The first-order valence-corrected chi connectivity index (χ1v) is 6.22. The van der Waals surface area contributed by atoms with Crippen molar-refractivity contribution in [3.05, 3.63) is 42.1 Å². The Kier molecular flexibility index (Phi) is 9.45. The quantitative estimate of drug-likeness (QED) is 0.401. The van der Waals surface area contributed by atoms with Crippen LogP contribution in [-0.2, 0) is 4.74 Å². The van der Waals surface area contributed by atoms with E-state index in [2.05, 4.69) is 18.5 Å². The van der Waals surface area contributed by atoms with Crippen LogP contribution in [0.3, 0.4) is 0 Å². The maximum Gasteiger partial charge on any atom is 1.00 e. The van der Waals surface area contributed by atoms with E-state index in [0.29, 0.717) is 18.0 Å². The van der Waals surface area contributed by atoms with E-state index in [1.807, 2.05) is 4.90 Å². The molecule has 1 atom stereocenters. The Labute approximate surface area is 162 Å². The number of piperidine rings is 1. The zero-order valence-electron chi connectivity index (χ0n) is 12.5. The summed E-state index contributed by atoms with van der Waals surface area (Å²) in [4.78, 5) is 1.89. The van der Waals surface area contributed by atoms with Crippen molar-refractivity contribution in [2.45, 2.75) is 24.8 Å². The van der Waals surface area contributed by atoms with Gasteiger partial charge in [0, 0.05) is 25.4 Å². The number of nitrogens with zero attached hydrogens (tertiary/aromatic N) is 2. The molecule has 0 bridgehead atoms. The molecule has 0 saturated carbocycles. The Morgan fingerprint density at radius 1 is 1.45 bits per heavy atom. The van der Waals surface area contributed by atoms with E-state index in [1.165, 1.54) is 7.11 Å². The van der Waals surface area contributed by atoms with E-state index in [1.54, 1.807) is 19.2 Å². The fraction of sp³-hybridized carbons (Fsp3) is 0.571. The SMILES string of the molecule is C=C/C(OC)=C(\C=C)N1CCC(F)(F)CC1C[N-]C.[K+]. The molecule has 1 fully saturated rings. The molecular weight excluding hydrogens is 289 g/mol. The molecule has 0 spiro atoms. The Hall–Kier alpha value is 0.276. The third kappa shape index (κ3) is 5.24. The Bertz CT molecular complexity index is 372. The molecule has 0 N–H and O–H groups in total. The first-order chi connectivity index (χ1) is 8.99.